The van der Waals surface area contributed by atoms with E-state index in [1.54, 1.807) is 24.8 Å². The van der Waals surface area contributed by atoms with E-state index in [-0.39, 0.29) is 18.5 Å². The Morgan fingerprint density at radius 2 is 2.02 bits per heavy atom. The first-order valence-electron chi connectivity index (χ1n) is 14.1. The minimum Gasteiger partial charge on any atom is -0.468 e. The van der Waals surface area contributed by atoms with Crippen LogP contribution in [0.3, 0.4) is 0 Å². The highest BCUT2D eigenvalue weighted by molar-refractivity contribution is 5.94. The molecule has 1 saturated carbocycles. The third-order valence-electron chi connectivity index (χ3n) is 7.19. The van der Waals surface area contributed by atoms with Crippen molar-refractivity contribution in [1.82, 2.24) is 34.8 Å². The zero-order valence-corrected chi connectivity index (χ0v) is 23.8. The number of hydrogen-bond donors (Lipinski definition) is 3. The molecule has 0 atom stereocenters. The number of fused-ring (bicyclic) bond motifs is 1. The number of likely N-dealkylation sites (tertiary alicyclic amines) is 1. The maximum Gasteiger partial charge on any atom is 0.181 e. The predicted molar refractivity (Wildman–Crippen MR) is 159 cm³/mol. The number of halogens is 1. The van der Waals surface area contributed by atoms with Gasteiger partial charge in [0.15, 0.2) is 24.1 Å². The summed E-state index contributed by atoms with van der Waals surface area (Å²) in [5.41, 5.74) is 2.74. The molecule has 4 aromatic rings. The van der Waals surface area contributed by atoms with Crippen LogP contribution in [0.2, 0.25) is 0 Å². The summed E-state index contributed by atoms with van der Waals surface area (Å²) in [5.74, 6) is 2.16. The van der Waals surface area contributed by atoms with Gasteiger partial charge in [0, 0.05) is 53.4 Å². The van der Waals surface area contributed by atoms with Gasteiger partial charge in [0.25, 0.3) is 0 Å². The first kappa shape index (κ1) is 28.1. The molecular weight excluding hydrogens is 523 g/mol. The number of aryl methyl sites for hydroxylation is 1. The maximum atomic E-state index is 15.0. The second kappa shape index (κ2) is 12.8. The number of nitrogens with one attached hydrogen (secondary N) is 3. The number of piperidine rings is 1. The minimum absolute atomic E-state index is 0.0562. The van der Waals surface area contributed by atoms with Gasteiger partial charge < -0.3 is 19.9 Å². The highest BCUT2D eigenvalue weighted by Crippen LogP contribution is 2.39. The zero-order valence-electron chi connectivity index (χ0n) is 23.8. The average molecular weight is 561 g/mol. The normalized spacial score (nSPS) is 16.4. The molecular formula is C29H37FN10O. The Hall–Kier alpha value is -4.48. The molecule has 2 aliphatic rings. The molecule has 0 amide bonds. The van der Waals surface area contributed by atoms with E-state index in [9.17, 15) is 0 Å². The van der Waals surface area contributed by atoms with Crippen LogP contribution in [0.4, 0.5) is 10.2 Å². The number of nitrogens with zero attached hydrogens (tertiary/aromatic N) is 7. The summed E-state index contributed by atoms with van der Waals surface area (Å²) in [7, 11) is 0. The van der Waals surface area contributed by atoms with Crippen LogP contribution in [-0.4, -0.2) is 67.2 Å². The quantitative estimate of drug-likeness (QED) is 0.182. The smallest absolute Gasteiger partial charge is 0.181 e. The van der Waals surface area contributed by atoms with Crippen LogP contribution in [-0.2, 0) is 0 Å². The van der Waals surface area contributed by atoms with Crippen molar-refractivity contribution in [3.8, 4) is 5.75 Å². The second-order valence-corrected chi connectivity index (χ2v) is 9.97. The molecule has 0 unspecified atom stereocenters. The van der Waals surface area contributed by atoms with Gasteiger partial charge in [-0.15, -0.1) is 0 Å². The molecule has 41 heavy (non-hydrogen) atoms. The van der Waals surface area contributed by atoms with Gasteiger partial charge in [0.2, 0.25) is 0 Å². The van der Waals surface area contributed by atoms with Crippen molar-refractivity contribution in [3.63, 3.8) is 0 Å². The Morgan fingerprint density at radius 3 is 2.73 bits per heavy atom. The van der Waals surface area contributed by atoms with Crippen LogP contribution in [0.25, 0.3) is 10.9 Å². The molecule has 1 aliphatic heterocycles. The topological polar surface area (TPSA) is 124 Å². The third kappa shape index (κ3) is 6.64. The van der Waals surface area contributed by atoms with Crippen molar-refractivity contribution >= 4 is 29.3 Å². The average Bonchev–Trinajstić information content (AvgIpc) is 3.35. The van der Waals surface area contributed by atoms with E-state index in [1.165, 1.54) is 12.8 Å². The van der Waals surface area contributed by atoms with E-state index in [0.717, 1.165) is 42.8 Å². The lowest BCUT2D eigenvalue weighted by Crippen LogP contribution is -2.39. The van der Waals surface area contributed by atoms with Gasteiger partial charge in [-0.3, -0.25) is 5.10 Å². The Bertz CT molecular complexity index is 1510. The van der Waals surface area contributed by atoms with Crippen molar-refractivity contribution < 1.29 is 9.13 Å². The van der Waals surface area contributed by atoms with Gasteiger partial charge in [-0.25, -0.2) is 24.0 Å². The number of hydrogen-bond acceptors (Lipinski definition) is 7. The molecule has 3 N–H and O–H groups in total. The summed E-state index contributed by atoms with van der Waals surface area (Å²) < 4.78 is 22.7. The Morgan fingerprint density at radius 1 is 1.22 bits per heavy atom. The third-order valence-corrected chi connectivity index (χ3v) is 7.19. The number of H-pyrrole nitrogens is 2. The fraction of sp³-hybridized carbons (Fsp3) is 0.414. The fourth-order valence-corrected chi connectivity index (χ4v) is 4.95. The number of ether oxygens (including phenoxy) is 1. The van der Waals surface area contributed by atoms with E-state index in [2.05, 4.69) is 47.2 Å². The summed E-state index contributed by atoms with van der Waals surface area (Å²) in [5, 5.41) is 15.5. The second-order valence-electron chi connectivity index (χ2n) is 9.97. The molecule has 0 bridgehead atoms. The predicted octanol–water partition coefficient (Wildman–Crippen LogP) is 5.56. The monoisotopic (exact) mass is 560 g/mol. The number of aromatic nitrogens is 6. The van der Waals surface area contributed by atoms with Crippen molar-refractivity contribution in [2.45, 2.75) is 58.4 Å². The maximum absolute atomic E-state index is 15.0. The van der Waals surface area contributed by atoms with Crippen molar-refractivity contribution in [3.05, 3.63) is 66.0 Å². The Balaban J connectivity index is 0.00000165. The summed E-state index contributed by atoms with van der Waals surface area (Å²) >= 11 is 0. The molecule has 1 aromatic carbocycles. The molecule has 12 heteroatoms. The highest BCUT2D eigenvalue weighted by atomic mass is 19.1. The number of benzene rings is 1. The SMILES string of the molecule is C=N/C(=C\C(=N/COc1ccc2[nH]c(C)cc2c1F)N1CCC(n2cncn2)CC1)Nc1cc(C2CC2)[nH]n1.CC. The van der Waals surface area contributed by atoms with E-state index >= 15 is 4.39 Å². The number of amidine groups is 1. The molecule has 2 fully saturated rings. The van der Waals surface area contributed by atoms with Crippen LogP contribution >= 0.6 is 0 Å². The van der Waals surface area contributed by atoms with Crippen LogP contribution < -0.4 is 10.1 Å². The summed E-state index contributed by atoms with van der Waals surface area (Å²) in [6.07, 6.45) is 9.26. The first-order chi connectivity index (χ1) is 20.1. The van der Waals surface area contributed by atoms with Crippen LogP contribution in [0, 0.1) is 12.7 Å². The number of aromatic amines is 2. The van der Waals surface area contributed by atoms with Gasteiger partial charge >= 0.3 is 0 Å². The Labute approximate surface area is 238 Å². The summed E-state index contributed by atoms with van der Waals surface area (Å²) in [6, 6.07) is 7.48. The lowest BCUT2D eigenvalue weighted by atomic mass is 10.1. The van der Waals surface area contributed by atoms with Crippen LogP contribution in [0.1, 0.15) is 62.9 Å². The largest absolute Gasteiger partial charge is 0.468 e. The first-order valence-corrected chi connectivity index (χ1v) is 14.1. The molecule has 6 rings (SSSR count). The van der Waals surface area contributed by atoms with Crippen molar-refractivity contribution in [2.75, 3.05) is 25.1 Å². The van der Waals surface area contributed by atoms with Crippen molar-refractivity contribution in [1.29, 1.82) is 0 Å². The molecule has 0 radical (unpaired) electrons. The summed E-state index contributed by atoms with van der Waals surface area (Å²) in [4.78, 5) is 18.3. The van der Waals surface area contributed by atoms with E-state index in [4.69, 9.17) is 9.73 Å². The molecule has 0 spiro atoms. The Kier molecular flexibility index (Phi) is 8.76. The fourth-order valence-electron chi connectivity index (χ4n) is 4.95. The highest BCUT2D eigenvalue weighted by Gasteiger charge is 2.26. The molecule has 4 heterocycles. The van der Waals surface area contributed by atoms with Gasteiger partial charge in [0.05, 0.1) is 6.04 Å². The van der Waals surface area contributed by atoms with Gasteiger partial charge in [-0.2, -0.15) is 10.2 Å². The number of aliphatic imine (C=N–C) groups is 2. The molecule has 11 nitrogen and oxygen atoms in total. The van der Waals surface area contributed by atoms with E-state index < -0.39 is 5.82 Å². The summed E-state index contributed by atoms with van der Waals surface area (Å²) in [6.45, 7) is 11.1. The number of rotatable bonds is 9. The van der Waals surface area contributed by atoms with Gasteiger partial charge in [-0.1, -0.05) is 13.8 Å². The zero-order chi connectivity index (χ0) is 28.8. The molecule has 1 saturated heterocycles. The van der Waals surface area contributed by atoms with Crippen LogP contribution in [0.5, 0.6) is 5.75 Å². The standard InChI is InChI=1S/C27H31FN10O.C2H6/c1-17-11-20-21(33-17)5-6-23(27(20)28)39-16-31-26(37-9-7-19(8-10-37)38-15-30-14-32-38)13-24(29-2)34-25-12-22(35-36-25)18-3-4-18;1-2/h5-6,11-15,18-19,33H,2-4,7-10,16H2,1H3,(H2,34,35,36);1-2H3/b24-13+,31-26+;. The minimum atomic E-state index is -0.405. The lowest BCUT2D eigenvalue weighted by molar-refractivity contribution is 0.251. The van der Waals surface area contributed by atoms with Gasteiger partial charge in [0.1, 0.15) is 24.3 Å². The lowest BCUT2D eigenvalue weighted by Gasteiger charge is -2.33. The molecule has 216 valence electrons. The van der Waals surface area contributed by atoms with E-state index in [1.807, 2.05) is 43.7 Å². The molecule has 3 aromatic heterocycles. The number of anilines is 1. The van der Waals surface area contributed by atoms with Crippen molar-refractivity contribution in [2.24, 2.45) is 9.98 Å². The van der Waals surface area contributed by atoms with Gasteiger partial charge in [-0.05, 0) is 57.5 Å². The molecule has 1 aliphatic carbocycles. The van der Waals surface area contributed by atoms with Crippen LogP contribution in [0.15, 0.2) is 58.8 Å². The van der Waals surface area contributed by atoms with E-state index in [0.29, 0.717) is 28.8 Å².